The van der Waals surface area contributed by atoms with Gasteiger partial charge in [-0.05, 0) is 49.6 Å². The molecule has 0 aliphatic carbocycles. The van der Waals surface area contributed by atoms with Crippen molar-refractivity contribution in [2.24, 2.45) is 0 Å². The van der Waals surface area contributed by atoms with Crippen molar-refractivity contribution < 1.29 is 18.0 Å². The van der Waals surface area contributed by atoms with E-state index in [0.717, 1.165) is 37.6 Å². The molecule has 0 radical (unpaired) electrons. The lowest BCUT2D eigenvalue weighted by molar-refractivity contribution is -0.137. The van der Waals surface area contributed by atoms with Gasteiger partial charge in [-0.1, -0.05) is 6.07 Å². The number of hydrogen-bond donors (Lipinski definition) is 1. The molecule has 10 heteroatoms. The molecule has 0 bridgehead atoms. The number of halogens is 3. The third-order valence-electron chi connectivity index (χ3n) is 4.99. The largest absolute Gasteiger partial charge is 0.416 e. The fraction of sp³-hybridized carbons (Fsp3) is 0.286. The Labute approximate surface area is 176 Å². The molecule has 31 heavy (non-hydrogen) atoms. The first-order chi connectivity index (χ1) is 14.9. The number of carbonyl (C=O) groups is 1. The fourth-order valence-corrected chi connectivity index (χ4v) is 3.53. The maximum atomic E-state index is 13.0. The van der Waals surface area contributed by atoms with Crippen molar-refractivity contribution in [1.29, 1.82) is 0 Å². The van der Waals surface area contributed by atoms with E-state index >= 15 is 0 Å². The van der Waals surface area contributed by atoms with Gasteiger partial charge in [0.1, 0.15) is 11.5 Å². The highest BCUT2D eigenvalue weighted by atomic mass is 19.4. The van der Waals surface area contributed by atoms with E-state index in [1.807, 2.05) is 0 Å². The number of rotatable bonds is 4. The molecule has 0 saturated carbocycles. The Balaban J connectivity index is 1.57. The summed E-state index contributed by atoms with van der Waals surface area (Å²) in [7, 11) is 0. The average Bonchev–Trinajstić information content (AvgIpc) is 2.79. The molecule has 0 spiro atoms. The number of piperidine rings is 1. The van der Waals surface area contributed by atoms with Gasteiger partial charge in [-0.3, -0.25) is 9.78 Å². The monoisotopic (exact) mass is 428 g/mol. The highest BCUT2D eigenvalue weighted by molar-refractivity contribution is 5.92. The Kier molecular flexibility index (Phi) is 5.79. The molecular formula is C21H19F3N6O. The molecule has 7 nitrogen and oxygen atoms in total. The van der Waals surface area contributed by atoms with Crippen LogP contribution in [0, 0.1) is 0 Å². The molecular weight excluding hydrogens is 409 g/mol. The van der Waals surface area contributed by atoms with Crippen molar-refractivity contribution >= 4 is 17.7 Å². The van der Waals surface area contributed by atoms with Crippen LogP contribution in [0.5, 0.6) is 0 Å². The maximum Gasteiger partial charge on any atom is 0.416 e. The Morgan fingerprint density at radius 3 is 2.65 bits per heavy atom. The van der Waals surface area contributed by atoms with E-state index in [9.17, 15) is 18.0 Å². The van der Waals surface area contributed by atoms with E-state index in [1.165, 1.54) is 6.20 Å². The van der Waals surface area contributed by atoms with E-state index < -0.39 is 11.7 Å². The summed E-state index contributed by atoms with van der Waals surface area (Å²) in [5.74, 6) is -0.0878. The molecule has 1 saturated heterocycles. The summed E-state index contributed by atoms with van der Waals surface area (Å²) in [6.07, 6.45) is 2.20. The summed E-state index contributed by atoms with van der Waals surface area (Å²) in [6.45, 7) is 0.571. The number of hydrogen-bond acceptors (Lipinski definition) is 6. The molecule has 1 aliphatic rings. The van der Waals surface area contributed by atoms with Crippen LogP contribution in [0.2, 0.25) is 0 Å². The van der Waals surface area contributed by atoms with Gasteiger partial charge in [0.25, 0.3) is 5.91 Å². The third kappa shape index (κ3) is 4.79. The Morgan fingerprint density at radius 2 is 1.87 bits per heavy atom. The van der Waals surface area contributed by atoms with Crippen LogP contribution in [0.1, 0.15) is 47.1 Å². The lowest BCUT2D eigenvalue weighted by Gasteiger charge is -2.35. The second-order valence-corrected chi connectivity index (χ2v) is 7.08. The number of nitrogens with one attached hydrogen (secondary N) is 1. The Hall–Kier alpha value is -3.56. The van der Waals surface area contributed by atoms with Crippen molar-refractivity contribution in [2.75, 3.05) is 11.9 Å². The van der Waals surface area contributed by atoms with Crippen LogP contribution in [0.15, 0.2) is 55.0 Å². The zero-order valence-corrected chi connectivity index (χ0v) is 16.4. The summed E-state index contributed by atoms with van der Waals surface area (Å²) in [5.41, 5.74) is 0.143. The maximum absolute atomic E-state index is 13.0. The van der Waals surface area contributed by atoms with E-state index in [1.54, 1.807) is 35.4 Å². The highest BCUT2D eigenvalue weighted by Crippen LogP contribution is 2.32. The quantitative estimate of drug-likeness (QED) is 0.663. The second-order valence-electron chi connectivity index (χ2n) is 7.08. The number of amides is 1. The lowest BCUT2D eigenvalue weighted by Crippen LogP contribution is -2.39. The third-order valence-corrected chi connectivity index (χ3v) is 4.99. The molecule has 3 aromatic heterocycles. The summed E-state index contributed by atoms with van der Waals surface area (Å²) in [4.78, 5) is 31.3. The van der Waals surface area contributed by atoms with E-state index in [4.69, 9.17) is 0 Å². The highest BCUT2D eigenvalue weighted by Gasteiger charge is 2.32. The fourth-order valence-electron chi connectivity index (χ4n) is 3.53. The molecule has 1 fully saturated rings. The van der Waals surface area contributed by atoms with Crippen LogP contribution >= 0.6 is 0 Å². The van der Waals surface area contributed by atoms with Crippen LogP contribution in [0.4, 0.5) is 24.9 Å². The Bertz CT molecular complexity index is 1060. The van der Waals surface area contributed by atoms with Gasteiger partial charge in [0.2, 0.25) is 5.95 Å². The molecule has 4 heterocycles. The molecule has 0 unspecified atom stereocenters. The number of pyridine rings is 2. The topological polar surface area (TPSA) is 83.9 Å². The van der Waals surface area contributed by atoms with Gasteiger partial charge in [0.05, 0.1) is 17.3 Å². The summed E-state index contributed by atoms with van der Waals surface area (Å²) in [5, 5.41) is 2.72. The van der Waals surface area contributed by atoms with Crippen molar-refractivity contribution in [2.45, 2.75) is 31.5 Å². The number of alkyl halides is 3. The predicted octanol–water partition coefficient (Wildman–Crippen LogP) is 4.40. The molecule has 4 rings (SSSR count). The van der Waals surface area contributed by atoms with Crippen molar-refractivity contribution in [3.8, 4) is 0 Å². The minimum absolute atomic E-state index is 0.0166. The van der Waals surface area contributed by atoms with Crippen LogP contribution in [0.25, 0.3) is 0 Å². The van der Waals surface area contributed by atoms with Crippen LogP contribution in [-0.4, -0.2) is 37.3 Å². The van der Waals surface area contributed by atoms with Gasteiger partial charge in [-0.25, -0.2) is 15.0 Å². The molecule has 160 valence electrons. The first kappa shape index (κ1) is 20.7. The predicted molar refractivity (Wildman–Crippen MR) is 106 cm³/mol. The molecule has 1 aliphatic heterocycles. The average molecular weight is 428 g/mol. The zero-order valence-electron chi connectivity index (χ0n) is 16.4. The lowest BCUT2D eigenvalue weighted by atomic mass is 9.98. The normalized spacial score (nSPS) is 16.7. The molecule has 1 atom stereocenters. The second kappa shape index (κ2) is 8.66. The number of carbonyl (C=O) groups excluding carboxylic acids is 1. The van der Waals surface area contributed by atoms with Gasteiger partial charge < -0.3 is 10.2 Å². The van der Waals surface area contributed by atoms with Gasteiger partial charge in [-0.2, -0.15) is 13.2 Å². The molecule has 0 aromatic carbocycles. The van der Waals surface area contributed by atoms with Crippen molar-refractivity contribution in [3.63, 3.8) is 0 Å². The van der Waals surface area contributed by atoms with Gasteiger partial charge >= 0.3 is 6.18 Å². The van der Waals surface area contributed by atoms with Crippen LogP contribution < -0.4 is 5.32 Å². The van der Waals surface area contributed by atoms with E-state index in [2.05, 4.69) is 25.3 Å². The number of anilines is 2. The Morgan fingerprint density at radius 1 is 1.03 bits per heavy atom. The smallest absolute Gasteiger partial charge is 0.329 e. The van der Waals surface area contributed by atoms with Crippen molar-refractivity contribution in [1.82, 2.24) is 24.8 Å². The molecule has 3 aromatic rings. The van der Waals surface area contributed by atoms with Gasteiger partial charge in [-0.15, -0.1) is 0 Å². The van der Waals surface area contributed by atoms with Crippen LogP contribution in [0.3, 0.4) is 0 Å². The summed E-state index contributed by atoms with van der Waals surface area (Å²) in [6, 6.07) is 8.39. The summed E-state index contributed by atoms with van der Waals surface area (Å²) >= 11 is 0. The van der Waals surface area contributed by atoms with Gasteiger partial charge in [0.15, 0.2) is 0 Å². The standard InChI is InChI=1S/C21H19F3N6O/c22-21(23,24)14-7-10-26-18(13-14)29-20-27-11-8-15(28-20)17-6-2-4-12-30(17)19(31)16-5-1-3-9-25-16/h1,3,5,7-11,13,17H,2,4,6,12H2,(H,26,27,28,29)/t17-/m0/s1. The molecule has 1 N–H and O–H groups in total. The molecule has 1 amide bonds. The first-order valence-electron chi connectivity index (χ1n) is 9.77. The minimum atomic E-state index is -4.48. The number of likely N-dealkylation sites (tertiary alicyclic amines) is 1. The van der Waals surface area contributed by atoms with Crippen LogP contribution in [-0.2, 0) is 6.18 Å². The van der Waals surface area contributed by atoms with Crippen molar-refractivity contribution in [3.05, 3.63) is 71.9 Å². The van der Waals surface area contributed by atoms with E-state index in [0.29, 0.717) is 17.9 Å². The van der Waals surface area contributed by atoms with Gasteiger partial charge in [0, 0.05) is 25.1 Å². The first-order valence-corrected chi connectivity index (χ1v) is 9.77. The van der Waals surface area contributed by atoms with E-state index in [-0.39, 0.29) is 23.7 Å². The summed E-state index contributed by atoms with van der Waals surface area (Å²) < 4.78 is 38.8. The number of nitrogens with zero attached hydrogens (tertiary/aromatic N) is 5. The minimum Gasteiger partial charge on any atom is -0.329 e. The zero-order chi connectivity index (χ0) is 21.8. The SMILES string of the molecule is O=C(c1ccccn1)N1CCCC[C@H]1c1ccnc(Nc2cc(C(F)(F)F)ccn2)n1. The number of aromatic nitrogens is 4.